The van der Waals surface area contributed by atoms with Gasteiger partial charge in [-0.1, -0.05) is 0 Å². The molecule has 3 N–H and O–H groups in total. The number of ether oxygens (including phenoxy) is 1. The molecule has 2 amide bonds. The van der Waals surface area contributed by atoms with Crippen LogP contribution in [0.25, 0.3) is 0 Å². The number of carbonyl (C=O) groups is 1. The van der Waals surface area contributed by atoms with Gasteiger partial charge in [-0.15, -0.1) is 0 Å². The lowest BCUT2D eigenvalue weighted by Gasteiger charge is -2.33. The summed E-state index contributed by atoms with van der Waals surface area (Å²) in [6.45, 7) is 3.88. The van der Waals surface area contributed by atoms with E-state index in [9.17, 15) is 4.79 Å². The third-order valence-electron chi connectivity index (χ3n) is 3.64. The van der Waals surface area contributed by atoms with Crippen molar-refractivity contribution in [3.63, 3.8) is 0 Å². The van der Waals surface area contributed by atoms with Gasteiger partial charge >= 0.3 is 6.03 Å². The van der Waals surface area contributed by atoms with Crippen molar-refractivity contribution >= 4 is 6.03 Å². The minimum atomic E-state index is 0.0715. The van der Waals surface area contributed by atoms with E-state index >= 15 is 0 Å². The second-order valence-corrected chi connectivity index (χ2v) is 5.04. The number of urea groups is 1. The molecule has 5 heteroatoms. The van der Waals surface area contributed by atoms with Crippen molar-refractivity contribution in [3.8, 4) is 0 Å². The summed E-state index contributed by atoms with van der Waals surface area (Å²) in [5, 5.41) is 3.04. The van der Waals surface area contributed by atoms with Gasteiger partial charge in [-0.3, -0.25) is 0 Å². The van der Waals surface area contributed by atoms with Crippen molar-refractivity contribution < 1.29 is 9.53 Å². The maximum atomic E-state index is 12.0. The number of hydrogen-bond acceptors (Lipinski definition) is 3. The van der Waals surface area contributed by atoms with Gasteiger partial charge in [-0.05, 0) is 38.1 Å². The minimum Gasteiger partial charge on any atom is -0.379 e. The fourth-order valence-electron chi connectivity index (χ4n) is 2.64. The number of carbonyl (C=O) groups excluding carboxylic acids is 1. The average Bonchev–Trinajstić information content (AvgIpc) is 2.83. The smallest absolute Gasteiger partial charge is 0.317 e. The summed E-state index contributed by atoms with van der Waals surface area (Å²) >= 11 is 0. The molecule has 0 bridgehead atoms. The lowest BCUT2D eigenvalue weighted by Crippen LogP contribution is -2.49. The molecule has 0 aromatic heterocycles. The van der Waals surface area contributed by atoms with Crippen molar-refractivity contribution in [2.24, 2.45) is 11.7 Å². The first-order valence-corrected chi connectivity index (χ1v) is 6.63. The lowest BCUT2D eigenvalue weighted by atomic mass is 9.95. The first-order chi connectivity index (χ1) is 8.29. The van der Waals surface area contributed by atoms with Crippen LogP contribution < -0.4 is 11.1 Å². The molecule has 0 radical (unpaired) electrons. The molecular formula is C12H23N3O2. The number of likely N-dealkylation sites (tertiary alicyclic amines) is 1. The Morgan fingerprint density at radius 3 is 3.06 bits per heavy atom. The maximum Gasteiger partial charge on any atom is 0.317 e. The zero-order valence-corrected chi connectivity index (χ0v) is 10.4. The van der Waals surface area contributed by atoms with Crippen LogP contribution in [0, 0.1) is 5.92 Å². The molecule has 5 nitrogen and oxygen atoms in total. The molecule has 2 fully saturated rings. The summed E-state index contributed by atoms with van der Waals surface area (Å²) in [6.07, 6.45) is 4.26. The number of hydrogen-bond donors (Lipinski definition) is 2. The second-order valence-electron chi connectivity index (χ2n) is 5.04. The van der Waals surface area contributed by atoms with Crippen molar-refractivity contribution in [3.05, 3.63) is 0 Å². The zero-order valence-electron chi connectivity index (χ0n) is 10.4. The van der Waals surface area contributed by atoms with E-state index in [-0.39, 0.29) is 12.1 Å². The number of nitrogens with one attached hydrogen (secondary N) is 1. The summed E-state index contributed by atoms with van der Waals surface area (Å²) in [5.41, 5.74) is 5.58. The molecule has 2 heterocycles. The van der Waals surface area contributed by atoms with Gasteiger partial charge in [0.2, 0.25) is 0 Å². The van der Waals surface area contributed by atoms with Crippen molar-refractivity contribution in [2.45, 2.75) is 31.7 Å². The zero-order chi connectivity index (χ0) is 12.1. The van der Waals surface area contributed by atoms with Crippen LogP contribution in [0.15, 0.2) is 0 Å². The molecule has 2 aliphatic heterocycles. The van der Waals surface area contributed by atoms with Crippen LogP contribution in [0.3, 0.4) is 0 Å². The van der Waals surface area contributed by atoms with Crippen molar-refractivity contribution in [2.75, 3.05) is 32.8 Å². The molecule has 98 valence electrons. The number of piperidine rings is 1. The average molecular weight is 241 g/mol. The fraction of sp³-hybridized carbons (Fsp3) is 0.917. The Labute approximate surface area is 103 Å². The number of nitrogens with zero attached hydrogens (tertiary/aromatic N) is 1. The van der Waals surface area contributed by atoms with E-state index in [0.29, 0.717) is 12.5 Å². The Bertz CT molecular complexity index is 252. The Morgan fingerprint density at radius 2 is 2.35 bits per heavy atom. The Kier molecular flexibility index (Phi) is 4.62. The SMILES string of the molecule is NCCC1CCCN(C(=O)NC2CCOC2)C1. The van der Waals surface area contributed by atoms with Gasteiger partial charge in [0, 0.05) is 19.7 Å². The molecule has 0 aromatic rings. The first-order valence-electron chi connectivity index (χ1n) is 6.63. The standard InChI is InChI=1S/C12H23N3O2/c13-5-3-10-2-1-6-15(8-10)12(16)14-11-4-7-17-9-11/h10-11H,1-9,13H2,(H,14,16). The third-order valence-corrected chi connectivity index (χ3v) is 3.64. The predicted molar refractivity (Wildman–Crippen MR) is 65.7 cm³/mol. The molecule has 2 saturated heterocycles. The molecular weight excluding hydrogens is 218 g/mol. The Morgan fingerprint density at radius 1 is 1.47 bits per heavy atom. The molecule has 2 unspecified atom stereocenters. The summed E-state index contributed by atoms with van der Waals surface area (Å²) in [7, 11) is 0. The largest absolute Gasteiger partial charge is 0.379 e. The van der Waals surface area contributed by atoms with Crippen LogP contribution in [0.4, 0.5) is 4.79 Å². The summed E-state index contributed by atoms with van der Waals surface area (Å²) < 4.78 is 5.26. The molecule has 17 heavy (non-hydrogen) atoms. The van der Waals surface area contributed by atoms with Gasteiger partial charge in [0.1, 0.15) is 0 Å². The fourth-order valence-corrected chi connectivity index (χ4v) is 2.64. The third kappa shape index (κ3) is 3.57. The van der Waals surface area contributed by atoms with Gasteiger partial charge in [0.05, 0.1) is 12.6 Å². The summed E-state index contributed by atoms with van der Waals surface area (Å²) in [5.74, 6) is 0.583. The minimum absolute atomic E-state index is 0.0715. The molecule has 0 saturated carbocycles. The molecule has 2 aliphatic rings. The predicted octanol–water partition coefficient (Wildman–Crippen LogP) is 0.546. The van der Waals surface area contributed by atoms with Crippen molar-refractivity contribution in [1.29, 1.82) is 0 Å². The van der Waals surface area contributed by atoms with Gasteiger partial charge in [0.15, 0.2) is 0 Å². The van der Waals surface area contributed by atoms with Crippen LogP contribution in [0.5, 0.6) is 0 Å². The van der Waals surface area contributed by atoms with E-state index < -0.39 is 0 Å². The highest BCUT2D eigenvalue weighted by molar-refractivity contribution is 5.74. The number of amides is 2. The Balaban J connectivity index is 1.77. The van der Waals surface area contributed by atoms with Crippen LogP contribution in [-0.4, -0.2) is 49.8 Å². The monoisotopic (exact) mass is 241 g/mol. The molecule has 0 aromatic carbocycles. The maximum absolute atomic E-state index is 12.0. The second kappa shape index (κ2) is 6.21. The number of nitrogens with two attached hydrogens (primary N) is 1. The molecule has 2 atom stereocenters. The normalized spacial score (nSPS) is 29.4. The van der Waals surface area contributed by atoms with Crippen LogP contribution >= 0.6 is 0 Å². The highest BCUT2D eigenvalue weighted by atomic mass is 16.5. The quantitative estimate of drug-likeness (QED) is 0.758. The summed E-state index contributed by atoms with van der Waals surface area (Å²) in [6, 6.07) is 0.277. The molecule has 0 aliphatic carbocycles. The van der Waals surface area contributed by atoms with Crippen LogP contribution in [0.2, 0.25) is 0 Å². The van der Waals surface area contributed by atoms with E-state index in [0.717, 1.165) is 45.5 Å². The Hall–Kier alpha value is -0.810. The van der Waals surface area contributed by atoms with Gasteiger partial charge < -0.3 is 20.7 Å². The topological polar surface area (TPSA) is 67.6 Å². The van der Waals surface area contributed by atoms with Crippen LogP contribution in [-0.2, 0) is 4.74 Å². The van der Waals surface area contributed by atoms with Gasteiger partial charge in [-0.25, -0.2) is 4.79 Å². The molecule has 0 spiro atoms. The summed E-state index contributed by atoms with van der Waals surface area (Å²) in [4.78, 5) is 14.0. The molecule has 2 rings (SSSR count). The van der Waals surface area contributed by atoms with E-state index in [1.807, 2.05) is 4.90 Å². The first kappa shape index (κ1) is 12.6. The number of rotatable bonds is 3. The van der Waals surface area contributed by atoms with Crippen molar-refractivity contribution in [1.82, 2.24) is 10.2 Å². The lowest BCUT2D eigenvalue weighted by molar-refractivity contribution is 0.155. The van der Waals surface area contributed by atoms with E-state index in [1.165, 1.54) is 6.42 Å². The highest BCUT2D eigenvalue weighted by Gasteiger charge is 2.25. The van der Waals surface area contributed by atoms with E-state index in [4.69, 9.17) is 10.5 Å². The van der Waals surface area contributed by atoms with Crippen LogP contribution in [0.1, 0.15) is 25.7 Å². The van der Waals surface area contributed by atoms with E-state index in [1.54, 1.807) is 0 Å². The van der Waals surface area contributed by atoms with Gasteiger partial charge in [0.25, 0.3) is 0 Å². The van der Waals surface area contributed by atoms with E-state index in [2.05, 4.69) is 5.32 Å². The van der Waals surface area contributed by atoms with Gasteiger partial charge in [-0.2, -0.15) is 0 Å². The highest BCUT2D eigenvalue weighted by Crippen LogP contribution is 2.19.